The number of carbonyl (C=O) groups excluding carboxylic acids is 1. The van der Waals surface area contributed by atoms with E-state index in [4.69, 9.17) is 5.26 Å². The van der Waals surface area contributed by atoms with Gasteiger partial charge in [0.2, 0.25) is 5.91 Å². The van der Waals surface area contributed by atoms with E-state index in [1.807, 2.05) is 4.90 Å². The van der Waals surface area contributed by atoms with Gasteiger partial charge < -0.3 is 4.90 Å². The highest BCUT2D eigenvalue weighted by atomic mass is 16.2. The Morgan fingerprint density at radius 2 is 1.71 bits per heavy atom. The summed E-state index contributed by atoms with van der Waals surface area (Å²) in [4.78, 5) is 14.3. The summed E-state index contributed by atoms with van der Waals surface area (Å²) in [6.07, 6.45) is 6.27. The topological polar surface area (TPSA) is 44.1 Å². The molecule has 0 bridgehead atoms. The van der Waals surface area contributed by atoms with Crippen molar-refractivity contribution in [1.29, 1.82) is 5.26 Å². The zero-order valence-electron chi connectivity index (χ0n) is 10.7. The monoisotopic (exact) mass is 234 g/mol. The second-order valence-electron chi connectivity index (χ2n) is 5.69. The average Bonchev–Trinajstić information content (AvgIpc) is 2.39. The van der Waals surface area contributed by atoms with E-state index in [0.29, 0.717) is 5.91 Å². The minimum absolute atomic E-state index is 0.172. The zero-order chi connectivity index (χ0) is 12.3. The first-order valence-corrected chi connectivity index (χ1v) is 6.89. The lowest BCUT2D eigenvalue weighted by atomic mass is 9.82. The lowest BCUT2D eigenvalue weighted by Gasteiger charge is -2.34. The van der Waals surface area contributed by atoms with Crippen LogP contribution in [0.4, 0.5) is 0 Å². The number of likely N-dealkylation sites (tertiary alicyclic amines) is 1. The number of amides is 1. The highest BCUT2D eigenvalue weighted by molar-refractivity contribution is 5.79. The molecule has 1 aliphatic heterocycles. The smallest absolute Gasteiger partial charge is 0.225 e. The van der Waals surface area contributed by atoms with E-state index in [1.54, 1.807) is 0 Å². The van der Waals surface area contributed by atoms with E-state index in [2.05, 4.69) is 13.0 Å². The predicted molar refractivity (Wildman–Crippen MR) is 66.0 cm³/mol. The zero-order valence-corrected chi connectivity index (χ0v) is 10.7. The van der Waals surface area contributed by atoms with Crippen molar-refractivity contribution in [3.8, 4) is 6.07 Å². The van der Waals surface area contributed by atoms with Gasteiger partial charge in [0.15, 0.2) is 0 Å². The number of hydrogen-bond acceptors (Lipinski definition) is 2. The highest BCUT2D eigenvalue weighted by Gasteiger charge is 2.30. The summed E-state index contributed by atoms with van der Waals surface area (Å²) in [5.41, 5.74) is 0. The summed E-state index contributed by atoms with van der Waals surface area (Å²) in [6.45, 7) is 3.87. The molecule has 3 nitrogen and oxygen atoms in total. The molecule has 1 aliphatic carbocycles. The molecule has 0 aromatic rings. The van der Waals surface area contributed by atoms with Crippen LogP contribution in [0.2, 0.25) is 0 Å². The molecule has 3 heteroatoms. The predicted octanol–water partition coefficient (Wildman–Crippen LogP) is 2.57. The number of nitrogens with zero attached hydrogens (tertiary/aromatic N) is 2. The molecule has 1 saturated heterocycles. The Bertz CT molecular complexity index is 305. The fourth-order valence-electron chi connectivity index (χ4n) is 2.99. The van der Waals surface area contributed by atoms with Crippen LogP contribution in [0, 0.1) is 29.1 Å². The van der Waals surface area contributed by atoms with Gasteiger partial charge in [0.1, 0.15) is 0 Å². The van der Waals surface area contributed by atoms with Gasteiger partial charge in [-0.1, -0.05) is 6.92 Å². The van der Waals surface area contributed by atoms with Crippen LogP contribution < -0.4 is 0 Å². The van der Waals surface area contributed by atoms with Gasteiger partial charge in [0.25, 0.3) is 0 Å². The summed E-state index contributed by atoms with van der Waals surface area (Å²) in [5, 5.41) is 8.84. The summed E-state index contributed by atoms with van der Waals surface area (Å²) in [6, 6.07) is 2.31. The van der Waals surface area contributed by atoms with Crippen LogP contribution in [-0.2, 0) is 4.79 Å². The molecule has 1 saturated carbocycles. The van der Waals surface area contributed by atoms with Crippen molar-refractivity contribution in [2.45, 2.75) is 45.4 Å². The van der Waals surface area contributed by atoms with Crippen LogP contribution in [0.5, 0.6) is 0 Å². The fraction of sp³-hybridized carbons (Fsp3) is 0.857. The Kier molecular flexibility index (Phi) is 4.04. The van der Waals surface area contributed by atoms with Crippen LogP contribution in [-0.4, -0.2) is 23.9 Å². The number of carbonyl (C=O) groups is 1. The average molecular weight is 234 g/mol. The maximum Gasteiger partial charge on any atom is 0.225 e. The first-order valence-electron chi connectivity index (χ1n) is 6.89. The van der Waals surface area contributed by atoms with Crippen molar-refractivity contribution < 1.29 is 4.79 Å². The third-order valence-electron chi connectivity index (χ3n) is 4.35. The van der Waals surface area contributed by atoms with Gasteiger partial charge >= 0.3 is 0 Å². The first kappa shape index (κ1) is 12.4. The van der Waals surface area contributed by atoms with E-state index in [1.165, 1.54) is 12.8 Å². The molecule has 0 unspecified atom stereocenters. The van der Waals surface area contributed by atoms with Crippen molar-refractivity contribution in [3.05, 3.63) is 0 Å². The molecule has 0 atom stereocenters. The Morgan fingerprint density at radius 3 is 2.24 bits per heavy atom. The molecule has 94 valence electrons. The van der Waals surface area contributed by atoms with Gasteiger partial charge in [-0.25, -0.2) is 0 Å². The summed E-state index contributed by atoms with van der Waals surface area (Å²) in [5.74, 6) is 1.59. The molecule has 1 heterocycles. The molecule has 2 fully saturated rings. The Hall–Kier alpha value is -1.04. The molecule has 1 amide bonds. The first-order chi connectivity index (χ1) is 8.20. The molecular weight excluding hydrogens is 212 g/mol. The summed E-state index contributed by atoms with van der Waals surface area (Å²) in [7, 11) is 0. The Balaban J connectivity index is 1.83. The third kappa shape index (κ3) is 3.00. The number of nitriles is 1. The van der Waals surface area contributed by atoms with Gasteiger partial charge in [-0.3, -0.25) is 4.79 Å². The molecule has 2 rings (SSSR count). The number of hydrogen-bond donors (Lipinski definition) is 0. The van der Waals surface area contributed by atoms with Crippen molar-refractivity contribution in [1.82, 2.24) is 4.90 Å². The van der Waals surface area contributed by atoms with Crippen LogP contribution >= 0.6 is 0 Å². The number of piperidine rings is 1. The SMILES string of the molecule is CC1CCC(C(=O)N2CCC(C#N)CC2)CC1. The molecule has 2 aliphatic rings. The summed E-state index contributed by atoms with van der Waals surface area (Å²) >= 11 is 0. The van der Waals surface area contributed by atoms with Crippen molar-refractivity contribution in [2.75, 3.05) is 13.1 Å². The lowest BCUT2D eigenvalue weighted by molar-refractivity contribution is -0.138. The lowest BCUT2D eigenvalue weighted by Crippen LogP contribution is -2.42. The minimum Gasteiger partial charge on any atom is -0.342 e. The van der Waals surface area contributed by atoms with Crippen LogP contribution in [0.1, 0.15) is 45.4 Å². The Morgan fingerprint density at radius 1 is 1.12 bits per heavy atom. The molecule has 0 aromatic carbocycles. The molecule has 17 heavy (non-hydrogen) atoms. The van der Waals surface area contributed by atoms with Gasteiger partial charge in [-0.15, -0.1) is 0 Å². The summed E-state index contributed by atoms with van der Waals surface area (Å²) < 4.78 is 0. The van der Waals surface area contributed by atoms with Crippen molar-refractivity contribution >= 4 is 5.91 Å². The van der Waals surface area contributed by atoms with E-state index in [9.17, 15) is 4.79 Å². The van der Waals surface area contributed by atoms with E-state index in [0.717, 1.165) is 44.7 Å². The Labute approximate surface area is 104 Å². The van der Waals surface area contributed by atoms with Crippen molar-refractivity contribution in [3.63, 3.8) is 0 Å². The third-order valence-corrected chi connectivity index (χ3v) is 4.35. The minimum atomic E-state index is 0.172. The van der Waals surface area contributed by atoms with Gasteiger partial charge in [-0.05, 0) is 44.4 Å². The largest absolute Gasteiger partial charge is 0.342 e. The second-order valence-corrected chi connectivity index (χ2v) is 5.69. The van der Waals surface area contributed by atoms with Gasteiger partial charge in [0.05, 0.1) is 6.07 Å². The highest BCUT2D eigenvalue weighted by Crippen LogP contribution is 2.30. The number of rotatable bonds is 1. The van der Waals surface area contributed by atoms with E-state index < -0.39 is 0 Å². The molecule has 0 radical (unpaired) electrons. The van der Waals surface area contributed by atoms with Crippen LogP contribution in [0.3, 0.4) is 0 Å². The van der Waals surface area contributed by atoms with Crippen molar-refractivity contribution in [2.24, 2.45) is 17.8 Å². The normalized spacial score (nSPS) is 30.9. The molecule has 0 N–H and O–H groups in total. The molecule has 0 aromatic heterocycles. The van der Waals surface area contributed by atoms with E-state index >= 15 is 0 Å². The second kappa shape index (κ2) is 5.53. The maximum atomic E-state index is 12.3. The quantitative estimate of drug-likeness (QED) is 0.700. The standard InChI is InChI=1S/C14H22N2O/c1-11-2-4-13(5-3-11)14(17)16-8-6-12(10-15)7-9-16/h11-13H,2-9H2,1H3. The maximum absolute atomic E-state index is 12.3. The fourth-order valence-corrected chi connectivity index (χ4v) is 2.99. The van der Waals surface area contributed by atoms with Crippen LogP contribution in [0.15, 0.2) is 0 Å². The molecule has 0 spiro atoms. The van der Waals surface area contributed by atoms with Gasteiger partial charge in [0, 0.05) is 24.9 Å². The van der Waals surface area contributed by atoms with Crippen LogP contribution in [0.25, 0.3) is 0 Å². The van der Waals surface area contributed by atoms with E-state index in [-0.39, 0.29) is 11.8 Å². The van der Waals surface area contributed by atoms with Gasteiger partial charge in [-0.2, -0.15) is 5.26 Å². The molecular formula is C14H22N2O.